The molecular formula is C18H18N6O2. The number of imidazole rings is 1. The molecule has 4 rings (SSSR count). The lowest BCUT2D eigenvalue weighted by molar-refractivity contribution is 0.0955. The Bertz CT molecular complexity index is 1100. The van der Waals surface area contributed by atoms with Crippen LogP contribution in [0.1, 0.15) is 22.0 Å². The first-order chi connectivity index (χ1) is 12.7. The number of pyridine rings is 1. The first-order valence-electron chi connectivity index (χ1n) is 8.27. The van der Waals surface area contributed by atoms with Crippen molar-refractivity contribution >= 4 is 22.6 Å². The van der Waals surface area contributed by atoms with E-state index in [0.717, 1.165) is 28.4 Å². The number of H-pyrrole nitrogens is 1. The Hall–Kier alpha value is -3.42. The molecule has 0 fully saturated rings. The molecule has 8 heteroatoms. The average molecular weight is 350 g/mol. The zero-order valence-electron chi connectivity index (χ0n) is 14.5. The van der Waals surface area contributed by atoms with Gasteiger partial charge in [0.25, 0.3) is 5.91 Å². The number of fused-ring (bicyclic) bond motifs is 2. The van der Waals surface area contributed by atoms with E-state index in [1.54, 1.807) is 17.6 Å². The SMILES string of the molecule is COc1ccc2nc(CCNC(=O)c3cccn4c(C)nnc34)[nH]c2c1. The van der Waals surface area contributed by atoms with Crippen LogP contribution in [0.4, 0.5) is 0 Å². The van der Waals surface area contributed by atoms with Crippen LogP contribution >= 0.6 is 0 Å². The van der Waals surface area contributed by atoms with Gasteiger partial charge in [-0.2, -0.15) is 0 Å². The molecule has 0 unspecified atom stereocenters. The normalized spacial score (nSPS) is 11.2. The third-order valence-corrected chi connectivity index (χ3v) is 4.24. The standard InChI is InChI=1S/C18H18N6O2/c1-11-22-23-17-13(4-3-9-24(11)17)18(25)19-8-7-16-20-14-6-5-12(26-2)10-15(14)21-16/h3-6,9-10H,7-8H2,1-2H3,(H,19,25)(H,20,21). The summed E-state index contributed by atoms with van der Waals surface area (Å²) in [5.74, 6) is 2.15. The van der Waals surface area contributed by atoms with Crippen molar-refractivity contribution in [2.24, 2.45) is 0 Å². The summed E-state index contributed by atoms with van der Waals surface area (Å²) in [6.45, 7) is 2.31. The molecule has 0 aliphatic carbocycles. The zero-order chi connectivity index (χ0) is 18.1. The largest absolute Gasteiger partial charge is 0.497 e. The summed E-state index contributed by atoms with van der Waals surface area (Å²) in [5, 5.41) is 11.0. The predicted octanol–water partition coefficient (Wildman–Crippen LogP) is 1.90. The fourth-order valence-electron chi connectivity index (χ4n) is 2.89. The van der Waals surface area contributed by atoms with Gasteiger partial charge in [0.2, 0.25) is 0 Å². The van der Waals surface area contributed by atoms with E-state index in [-0.39, 0.29) is 5.91 Å². The number of aromatic nitrogens is 5. The first-order valence-corrected chi connectivity index (χ1v) is 8.27. The van der Waals surface area contributed by atoms with Gasteiger partial charge in [-0.3, -0.25) is 9.20 Å². The molecule has 8 nitrogen and oxygen atoms in total. The number of nitrogens with zero attached hydrogens (tertiary/aromatic N) is 4. The van der Waals surface area contributed by atoms with Crippen molar-refractivity contribution in [3.05, 3.63) is 53.7 Å². The van der Waals surface area contributed by atoms with Crippen LogP contribution in [0.25, 0.3) is 16.7 Å². The molecule has 0 saturated heterocycles. The van der Waals surface area contributed by atoms with E-state index in [2.05, 4.69) is 25.5 Å². The number of hydrogen-bond acceptors (Lipinski definition) is 5. The lowest BCUT2D eigenvalue weighted by atomic mass is 10.2. The molecule has 26 heavy (non-hydrogen) atoms. The van der Waals surface area contributed by atoms with Crippen LogP contribution in [-0.4, -0.2) is 44.1 Å². The number of aromatic amines is 1. The van der Waals surface area contributed by atoms with E-state index in [1.807, 2.05) is 37.4 Å². The highest BCUT2D eigenvalue weighted by atomic mass is 16.5. The van der Waals surface area contributed by atoms with Crippen LogP contribution in [0.3, 0.4) is 0 Å². The van der Waals surface area contributed by atoms with Gasteiger partial charge in [-0.1, -0.05) is 0 Å². The second-order valence-electron chi connectivity index (χ2n) is 5.94. The number of aryl methyl sites for hydroxylation is 1. The highest BCUT2D eigenvalue weighted by Crippen LogP contribution is 2.18. The first kappa shape index (κ1) is 16.1. The Labute approximate surface area is 149 Å². The smallest absolute Gasteiger partial charge is 0.255 e. The summed E-state index contributed by atoms with van der Waals surface area (Å²) in [6, 6.07) is 9.23. The van der Waals surface area contributed by atoms with Crippen LogP contribution in [0.2, 0.25) is 0 Å². The monoisotopic (exact) mass is 350 g/mol. The Balaban J connectivity index is 1.45. The van der Waals surface area contributed by atoms with Gasteiger partial charge in [-0.15, -0.1) is 10.2 Å². The van der Waals surface area contributed by atoms with Crippen molar-refractivity contribution in [3.8, 4) is 5.75 Å². The van der Waals surface area contributed by atoms with Gasteiger partial charge < -0.3 is 15.0 Å². The van der Waals surface area contributed by atoms with Gasteiger partial charge in [-0.05, 0) is 31.2 Å². The predicted molar refractivity (Wildman–Crippen MR) is 96.4 cm³/mol. The summed E-state index contributed by atoms with van der Waals surface area (Å²) >= 11 is 0. The van der Waals surface area contributed by atoms with Crippen molar-refractivity contribution in [3.63, 3.8) is 0 Å². The minimum absolute atomic E-state index is 0.180. The number of hydrogen-bond donors (Lipinski definition) is 2. The molecule has 0 spiro atoms. The van der Waals surface area contributed by atoms with Crippen LogP contribution in [-0.2, 0) is 6.42 Å². The zero-order valence-corrected chi connectivity index (χ0v) is 14.5. The number of amides is 1. The summed E-state index contributed by atoms with van der Waals surface area (Å²) in [4.78, 5) is 20.2. The Morgan fingerprint density at radius 3 is 3.04 bits per heavy atom. The van der Waals surface area contributed by atoms with E-state index in [1.165, 1.54) is 0 Å². The quantitative estimate of drug-likeness (QED) is 0.573. The molecule has 4 aromatic rings. The van der Waals surface area contributed by atoms with Crippen molar-refractivity contribution in [1.29, 1.82) is 0 Å². The van der Waals surface area contributed by atoms with Crippen molar-refractivity contribution in [2.45, 2.75) is 13.3 Å². The lowest BCUT2D eigenvalue weighted by Crippen LogP contribution is -2.26. The molecular weight excluding hydrogens is 332 g/mol. The highest BCUT2D eigenvalue weighted by molar-refractivity contribution is 5.99. The summed E-state index contributed by atoms with van der Waals surface area (Å²) in [7, 11) is 1.63. The second-order valence-corrected chi connectivity index (χ2v) is 5.94. The molecule has 0 saturated carbocycles. The number of rotatable bonds is 5. The molecule has 0 aliphatic heterocycles. The van der Waals surface area contributed by atoms with Crippen LogP contribution in [0, 0.1) is 6.92 Å². The van der Waals surface area contributed by atoms with Gasteiger partial charge in [0.15, 0.2) is 5.65 Å². The van der Waals surface area contributed by atoms with Crippen LogP contribution < -0.4 is 10.1 Å². The fraction of sp³-hybridized carbons (Fsp3) is 0.222. The van der Waals surface area contributed by atoms with E-state index in [4.69, 9.17) is 4.74 Å². The van der Waals surface area contributed by atoms with Gasteiger partial charge in [0.1, 0.15) is 17.4 Å². The third-order valence-electron chi connectivity index (χ3n) is 4.24. The number of methoxy groups -OCH3 is 1. The minimum atomic E-state index is -0.180. The molecule has 0 atom stereocenters. The number of benzene rings is 1. The van der Waals surface area contributed by atoms with E-state index in [9.17, 15) is 4.79 Å². The molecule has 3 aromatic heterocycles. The summed E-state index contributed by atoms with van der Waals surface area (Å²) < 4.78 is 7.01. The third kappa shape index (κ3) is 2.85. The van der Waals surface area contributed by atoms with Gasteiger partial charge in [0, 0.05) is 25.2 Å². The minimum Gasteiger partial charge on any atom is -0.497 e. The van der Waals surface area contributed by atoms with E-state index >= 15 is 0 Å². The number of ether oxygens (including phenoxy) is 1. The molecule has 132 valence electrons. The summed E-state index contributed by atoms with van der Waals surface area (Å²) in [6.07, 6.45) is 2.43. The molecule has 1 amide bonds. The fourth-order valence-corrected chi connectivity index (χ4v) is 2.89. The molecule has 2 N–H and O–H groups in total. The molecule has 3 heterocycles. The van der Waals surface area contributed by atoms with Crippen LogP contribution in [0.15, 0.2) is 36.5 Å². The molecule has 0 bridgehead atoms. The van der Waals surface area contributed by atoms with Crippen molar-refractivity contribution in [2.75, 3.05) is 13.7 Å². The number of carbonyl (C=O) groups excluding carboxylic acids is 1. The molecule has 0 radical (unpaired) electrons. The van der Waals surface area contributed by atoms with E-state index in [0.29, 0.717) is 24.2 Å². The maximum absolute atomic E-state index is 12.5. The summed E-state index contributed by atoms with van der Waals surface area (Å²) in [5.41, 5.74) is 2.84. The maximum atomic E-state index is 12.5. The Kier molecular flexibility index (Phi) is 4.00. The number of nitrogens with one attached hydrogen (secondary N) is 2. The Morgan fingerprint density at radius 1 is 1.31 bits per heavy atom. The topological polar surface area (TPSA) is 97.2 Å². The highest BCUT2D eigenvalue weighted by Gasteiger charge is 2.13. The lowest BCUT2D eigenvalue weighted by Gasteiger charge is -2.05. The molecule has 1 aromatic carbocycles. The molecule has 0 aliphatic rings. The average Bonchev–Trinajstić information content (AvgIpc) is 3.24. The van der Waals surface area contributed by atoms with Gasteiger partial charge in [-0.25, -0.2) is 4.98 Å². The Morgan fingerprint density at radius 2 is 2.19 bits per heavy atom. The van der Waals surface area contributed by atoms with Gasteiger partial charge in [0.05, 0.1) is 23.7 Å². The van der Waals surface area contributed by atoms with Crippen LogP contribution in [0.5, 0.6) is 5.75 Å². The second kappa shape index (κ2) is 6.47. The van der Waals surface area contributed by atoms with Gasteiger partial charge >= 0.3 is 0 Å². The maximum Gasteiger partial charge on any atom is 0.255 e. The van der Waals surface area contributed by atoms with Crippen molar-refractivity contribution < 1.29 is 9.53 Å². The van der Waals surface area contributed by atoms with Crippen molar-refractivity contribution in [1.82, 2.24) is 29.9 Å². The number of carbonyl (C=O) groups is 1. The van der Waals surface area contributed by atoms with E-state index < -0.39 is 0 Å².